The highest BCUT2D eigenvalue weighted by Gasteiger charge is 2.10. The van der Waals surface area contributed by atoms with Crippen LogP contribution in [0.2, 0.25) is 0 Å². The van der Waals surface area contributed by atoms with Gasteiger partial charge in [-0.2, -0.15) is 0 Å². The number of rotatable bonds is 2. The molecule has 7 nitrogen and oxygen atoms in total. The fourth-order valence-electron chi connectivity index (χ4n) is 1.55. The van der Waals surface area contributed by atoms with Gasteiger partial charge < -0.3 is 15.3 Å². The lowest BCUT2D eigenvalue weighted by atomic mass is 10.1. The van der Waals surface area contributed by atoms with Crippen molar-refractivity contribution in [3.63, 3.8) is 0 Å². The molecule has 2 aromatic rings. The number of phenolic OH excluding ortho intramolecular Hbond substituents is 2. The Kier molecular flexibility index (Phi) is 2.80. The molecule has 0 aliphatic carbocycles. The van der Waals surface area contributed by atoms with E-state index in [0.717, 1.165) is 0 Å². The summed E-state index contributed by atoms with van der Waals surface area (Å²) in [6.45, 7) is 0. The maximum absolute atomic E-state index is 11.5. The molecule has 0 fully saturated rings. The Labute approximate surface area is 100.0 Å². The van der Waals surface area contributed by atoms with Gasteiger partial charge in [0.2, 0.25) is 5.88 Å². The third-order valence-corrected chi connectivity index (χ3v) is 2.44. The number of nitrogens with one attached hydrogen (secondary N) is 2. The van der Waals surface area contributed by atoms with Crippen LogP contribution in [0.4, 0.5) is 0 Å². The minimum atomic E-state index is -0.796. The summed E-state index contributed by atoms with van der Waals surface area (Å²) < 4.78 is 0. The van der Waals surface area contributed by atoms with Crippen LogP contribution in [0.3, 0.4) is 0 Å². The van der Waals surface area contributed by atoms with Gasteiger partial charge in [0.1, 0.15) is 0 Å². The van der Waals surface area contributed by atoms with E-state index in [0.29, 0.717) is 5.56 Å². The second-order valence-electron chi connectivity index (χ2n) is 3.74. The van der Waals surface area contributed by atoms with Crippen LogP contribution in [-0.2, 0) is 6.42 Å². The van der Waals surface area contributed by atoms with Gasteiger partial charge in [-0.05, 0) is 17.7 Å². The monoisotopic (exact) mass is 250 g/mol. The lowest BCUT2D eigenvalue weighted by molar-refractivity contribution is 0.403. The summed E-state index contributed by atoms with van der Waals surface area (Å²) in [4.78, 5) is 26.4. The van der Waals surface area contributed by atoms with Gasteiger partial charge in [-0.15, -0.1) is 0 Å². The smallest absolute Gasteiger partial charge is 0.328 e. The van der Waals surface area contributed by atoms with Crippen molar-refractivity contribution in [1.82, 2.24) is 9.97 Å². The molecule has 94 valence electrons. The molecule has 5 N–H and O–H groups in total. The van der Waals surface area contributed by atoms with E-state index in [9.17, 15) is 19.8 Å². The number of phenols is 2. The number of aromatic hydroxyl groups is 3. The van der Waals surface area contributed by atoms with Gasteiger partial charge in [-0.1, -0.05) is 6.07 Å². The number of H-pyrrole nitrogens is 2. The highest BCUT2D eigenvalue weighted by Crippen LogP contribution is 2.26. The minimum absolute atomic E-state index is 0.00574. The first-order valence-corrected chi connectivity index (χ1v) is 5.02. The van der Waals surface area contributed by atoms with Crippen LogP contribution in [-0.4, -0.2) is 25.3 Å². The lowest BCUT2D eigenvalue weighted by Gasteiger charge is -2.04. The average molecular weight is 250 g/mol. The van der Waals surface area contributed by atoms with E-state index in [2.05, 4.69) is 4.98 Å². The zero-order chi connectivity index (χ0) is 13.3. The van der Waals surface area contributed by atoms with Crippen molar-refractivity contribution in [2.24, 2.45) is 0 Å². The van der Waals surface area contributed by atoms with E-state index in [-0.39, 0.29) is 23.5 Å². The van der Waals surface area contributed by atoms with E-state index in [1.165, 1.54) is 18.2 Å². The van der Waals surface area contributed by atoms with Crippen LogP contribution in [0.5, 0.6) is 17.4 Å². The molecule has 18 heavy (non-hydrogen) atoms. The van der Waals surface area contributed by atoms with Crippen molar-refractivity contribution in [1.29, 1.82) is 0 Å². The largest absolute Gasteiger partial charge is 0.504 e. The SMILES string of the molecule is O=c1[nH]c(O)c(Cc2ccc(O)c(O)c2)c(=O)[nH]1. The summed E-state index contributed by atoms with van der Waals surface area (Å²) in [6.07, 6.45) is 0.00574. The standard InChI is InChI=1S/C11H10N2O5/c14-7-2-1-5(4-8(7)15)3-6-9(16)12-11(18)13-10(6)17/h1-2,4,14-15H,3H2,(H3,12,13,16,17,18). The van der Waals surface area contributed by atoms with E-state index in [4.69, 9.17) is 5.11 Å². The van der Waals surface area contributed by atoms with Crippen molar-refractivity contribution >= 4 is 0 Å². The summed E-state index contributed by atoms with van der Waals surface area (Å²) in [7, 11) is 0. The first-order valence-electron chi connectivity index (χ1n) is 5.02. The Morgan fingerprint density at radius 1 is 1.00 bits per heavy atom. The van der Waals surface area contributed by atoms with Gasteiger partial charge in [-0.25, -0.2) is 4.79 Å². The quantitative estimate of drug-likeness (QED) is 0.470. The summed E-state index contributed by atoms with van der Waals surface area (Å²) in [5.74, 6) is -1.12. The van der Waals surface area contributed by atoms with Gasteiger partial charge in [0.15, 0.2) is 11.5 Å². The van der Waals surface area contributed by atoms with Crippen LogP contribution in [0.15, 0.2) is 27.8 Å². The van der Waals surface area contributed by atoms with Crippen LogP contribution in [0, 0.1) is 0 Å². The number of aromatic amines is 2. The number of benzene rings is 1. The summed E-state index contributed by atoms with van der Waals surface area (Å²) in [5, 5.41) is 27.9. The summed E-state index contributed by atoms with van der Waals surface area (Å²) in [5.41, 5.74) is -1.03. The second kappa shape index (κ2) is 4.28. The molecule has 0 aliphatic heterocycles. The van der Waals surface area contributed by atoms with Gasteiger partial charge in [0, 0.05) is 6.42 Å². The first kappa shape index (κ1) is 11.8. The van der Waals surface area contributed by atoms with Crippen LogP contribution >= 0.6 is 0 Å². The molecule has 0 spiro atoms. The van der Waals surface area contributed by atoms with E-state index in [1.54, 1.807) is 0 Å². The lowest BCUT2D eigenvalue weighted by Crippen LogP contribution is -2.25. The van der Waals surface area contributed by atoms with Crippen molar-refractivity contribution in [3.05, 3.63) is 50.2 Å². The van der Waals surface area contributed by atoms with Gasteiger partial charge >= 0.3 is 5.69 Å². The van der Waals surface area contributed by atoms with Crippen molar-refractivity contribution < 1.29 is 15.3 Å². The maximum atomic E-state index is 11.5. The molecular formula is C11H10N2O5. The average Bonchev–Trinajstić information content (AvgIpc) is 2.28. The molecule has 0 atom stereocenters. The molecule has 0 amide bonds. The molecule has 1 aromatic carbocycles. The molecule has 0 unspecified atom stereocenters. The predicted molar refractivity (Wildman–Crippen MR) is 61.9 cm³/mol. The zero-order valence-electron chi connectivity index (χ0n) is 9.10. The Bertz CT molecular complexity index is 701. The van der Waals surface area contributed by atoms with Crippen molar-refractivity contribution in [3.8, 4) is 17.4 Å². The summed E-state index contributed by atoms with van der Waals surface area (Å²) in [6, 6.07) is 4.01. The van der Waals surface area contributed by atoms with Crippen molar-refractivity contribution in [2.45, 2.75) is 6.42 Å². The van der Waals surface area contributed by atoms with Gasteiger partial charge in [0.25, 0.3) is 5.56 Å². The molecule has 0 bridgehead atoms. The molecule has 1 heterocycles. The Morgan fingerprint density at radius 2 is 1.72 bits per heavy atom. The fraction of sp³-hybridized carbons (Fsp3) is 0.0909. The van der Waals surface area contributed by atoms with Gasteiger partial charge in [-0.3, -0.25) is 14.8 Å². The molecule has 0 aliphatic rings. The van der Waals surface area contributed by atoms with Gasteiger partial charge in [0.05, 0.1) is 5.56 Å². The van der Waals surface area contributed by atoms with Crippen LogP contribution in [0.25, 0.3) is 0 Å². The van der Waals surface area contributed by atoms with E-state index < -0.39 is 17.1 Å². The maximum Gasteiger partial charge on any atom is 0.328 e. The minimum Gasteiger partial charge on any atom is -0.504 e. The topological polar surface area (TPSA) is 126 Å². The van der Waals surface area contributed by atoms with E-state index in [1.807, 2.05) is 4.98 Å². The Hall–Kier alpha value is -2.70. The molecule has 0 saturated heterocycles. The fourth-order valence-corrected chi connectivity index (χ4v) is 1.55. The third-order valence-electron chi connectivity index (χ3n) is 2.44. The normalized spacial score (nSPS) is 10.4. The Morgan fingerprint density at radius 3 is 2.33 bits per heavy atom. The molecule has 1 aromatic heterocycles. The van der Waals surface area contributed by atoms with E-state index >= 15 is 0 Å². The molecular weight excluding hydrogens is 240 g/mol. The van der Waals surface area contributed by atoms with Crippen molar-refractivity contribution in [2.75, 3.05) is 0 Å². The zero-order valence-corrected chi connectivity index (χ0v) is 9.10. The molecule has 0 radical (unpaired) electrons. The summed E-state index contributed by atoms with van der Waals surface area (Å²) >= 11 is 0. The predicted octanol–water partition coefficient (Wildman–Crippen LogP) is -0.229. The van der Waals surface area contributed by atoms with Crippen LogP contribution in [0.1, 0.15) is 11.1 Å². The molecule has 7 heteroatoms. The first-order chi connectivity index (χ1) is 8.47. The highest BCUT2D eigenvalue weighted by atomic mass is 16.3. The second-order valence-corrected chi connectivity index (χ2v) is 3.74. The highest BCUT2D eigenvalue weighted by molar-refractivity contribution is 5.42. The molecule has 2 rings (SSSR count). The number of aromatic nitrogens is 2. The third kappa shape index (κ3) is 2.19. The Balaban J connectivity index is 2.43. The number of hydrogen-bond acceptors (Lipinski definition) is 5. The molecule has 0 saturated carbocycles. The van der Waals surface area contributed by atoms with Crippen LogP contribution < -0.4 is 11.2 Å². The number of hydrogen-bond donors (Lipinski definition) is 5.